The molecular formula is C22H17BrN2O2. The summed E-state index contributed by atoms with van der Waals surface area (Å²) < 4.78 is 1.62. The molecule has 0 aliphatic heterocycles. The zero-order valence-corrected chi connectivity index (χ0v) is 16.0. The van der Waals surface area contributed by atoms with Gasteiger partial charge in [0, 0.05) is 46.0 Å². The first-order valence-corrected chi connectivity index (χ1v) is 9.45. The Balaban J connectivity index is 1.78. The number of halogens is 1. The van der Waals surface area contributed by atoms with Crippen LogP contribution in [0.2, 0.25) is 0 Å². The number of H-pyrrole nitrogens is 1. The number of hydrogen-bond donors (Lipinski definition) is 1. The van der Waals surface area contributed by atoms with Crippen molar-refractivity contribution in [1.82, 2.24) is 4.98 Å². The SMILES string of the molecule is O=C(C[C@@H](c1ccc(Br)cc1)c1c[nH]c2ccccc12)c1cccc[n+]1[O-]. The van der Waals surface area contributed by atoms with Crippen LogP contribution in [-0.4, -0.2) is 10.8 Å². The second-order valence-corrected chi connectivity index (χ2v) is 7.35. The van der Waals surface area contributed by atoms with Gasteiger partial charge >= 0.3 is 0 Å². The van der Waals surface area contributed by atoms with Crippen LogP contribution in [-0.2, 0) is 0 Å². The monoisotopic (exact) mass is 420 g/mol. The maximum Gasteiger partial charge on any atom is 0.259 e. The van der Waals surface area contributed by atoms with E-state index in [1.165, 1.54) is 6.20 Å². The van der Waals surface area contributed by atoms with E-state index in [0.29, 0.717) is 4.73 Å². The van der Waals surface area contributed by atoms with Gasteiger partial charge in [-0.25, -0.2) is 0 Å². The molecule has 0 fully saturated rings. The fraction of sp³-hybridized carbons (Fsp3) is 0.0909. The molecule has 0 bridgehead atoms. The molecule has 1 atom stereocenters. The van der Waals surface area contributed by atoms with Gasteiger partial charge in [-0.1, -0.05) is 46.3 Å². The molecule has 0 saturated heterocycles. The van der Waals surface area contributed by atoms with Crippen molar-refractivity contribution in [3.63, 3.8) is 0 Å². The molecule has 0 radical (unpaired) electrons. The van der Waals surface area contributed by atoms with Crippen LogP contribution in [0, 0.1) is 5.21 Å². The zero-order valence-electron chi connectivity index (χ0n) is 14.4. The van der Waals surface area contributed by atoms with E-state index in [9.17, 15) is 10.0 Å². The predicted octanol–water partition coefficient (Wildman–Crippen LogP) is 4.97. The average Bonchev–Trinajstić information content (AvgIpc) is 3.11. The Morgan fingerprint density at radius 1 is 1.04 bits per heavy atom. The van der Waals surface area contributed by atoms with Gasteiger partial charge < -0.3 is 10.2 Å². The number of fused-ring (bicyclic) bond motifs is 1. The first kappa shape index (κ1) is 17.5. The van der Waals surface area contributed by atoms with E-state index < -0.39 is 0 Å². The lowest BCUT2D eigenvalue weighted by Crippen LogP contribution is -2.34. The van der Waals surface area contributed by atoms with Gasteiger partial charge in [-0.05, 0) is 35.4 Å². The molecule has 5 heteroatoms. The highest BCUT2D eigenvalue weighted by Gasteiger charge is 2.25. The van der Waals surface area contributed by atoms with E-state index in [2.05, 4.69) is 20.9 Å². The van der Waals surface area contributed by atoms with Crippen LogP contribution in [0.5, 0.6) is 0 Å². The number of carbonyl (C=O) groups is 1. The topological polar surface area (TPSA) is 59.8 Å². The number of carbonyl (C=O) groups excluding carboxylic acids is 1. The molecule has 0 amide bonds. The number of para-hydroxylation sites is 1. The maximum absolute atomic E-state index is 12.9. The molecular weight excluding hydrogens is 404 g/mol. The summed E-state index contributed by atoms with van der Waals surface area (Å²) in [5.41, 5.74) is 3.28. The van der Waals surface area contributed by atoms with Gasteiger partial charge in [0.1, 0.15) is 0 Å². The molecule has 0 saturated carbocycles. The van der Waals surface area contributed by atoms with Crippen LogP contribution in [0.1, 0.15) is 34.0 Å². The van der Waals surface area contributed by atoms with Crippen LogP contribution < -0.4 is 4.73 Å². The first-order chi connectivity index (χ1) is 13.1. The van der Waals surface area contributed by atoms with Crippen molar-refractivity contribution >= 4 is 32.6 Å². The normalized spacial score (nSPS) is 12.2. The molecule has 0 spiro atoms. The Hall–Kier alpha value is -2.92. The van der Waals surface area contributed by atoms with Crippen molar-refractivity contribution in [2.75, 3.05) is 0 Å². The van der Waals surface area contributed by atoms with E-state index >= 15 is 0 Å². The molecule has 0 aliphatic carbocycles. The highest BCUT2D eigenvalue weighted by atomic mass is 79.9. The highest BCUT2D eigenvalue weighted by molar-refractivity contribution is 9.10. The third-order valence-electron chi connectivity index (χ3n) is 4.77. The predicted molar refractivity (Wildman–Crippen MR) is 109 cm³/mol. The molecule has 4 rings (SSSR count). The highest BCUT2D eigenvalue weighted by Crippen LogP contribution is 2.34. The number of ketones is 1. The van der Waals surface area contributed by atoms with Gasteiger partial charge in [0.05, 0.1) is 0 Å². The van der Waals surface area contributed by atoms with E-state index in [-0.39, 0.29) is 23.8 Å². The molecule has 2 heterocycles. The van der Waals surface area contributed by atoms with Crippen LogP contribution in [0.15, 0.2) is 83.6 Å². The number of aromatic nitrogens is 2. The minimum atomic E-state index is -0.177. The number of nitrogens with one attached hydrogen (secondary N) is 1. The Labute approximate surface area is 165 Å². The number of hydrogen-bond acceptors (Lipinski definition) is 2. The largest absolute Gasteiger partial charge is 0.618 e. The number of rotatable bonds is 5. The fourth-order valence-corrected chi connectivity index (χ4v) is 3.68. The Morgan fingerprint density at radius 2 is 1.78 bits per heavy atom. The number of aromatic amines is 1. The fourth-order valence-electron chi connectivity index (χ4n) is 3.42. The molecule has 0 unspecified atom stereocenters. The summed E-state index contributed by atoms with van der Waals surface area (Å²) in [7, 11) is 0. The quantitative estimate of drug-likeness (QED) is 0.281. The van der Waals surface area contributed by atoms with Crippen LogP contribution in [0.4, 0.5) is 0 Å². The van der Waals surface area contributed by atoms with Crippen molar-refractivity contribution in [3.05, 3.63) is 106 Å². The van der Waals surface area contributed by atoms with Gasteiger partial charge in [-0.3, -0.25) is 4.79 Å². The number of Topliss-reactive ketones (excluding diaryl/α,β-unsaturated/α-hetero) is 1. The minimum absolute atomic E-state index is 0.151. The third kappa shape index (κ3) is 3.51. The minimum Gasteiger partial charge on any atom is -0.618 e. The smallest absolute Gasteiger partial charge is 0.259 e. The molecule has 134 valence electrons. The Kier molecular flexibility index (Phi) is 4.77. The lowest BCUT2D eigenvalue weighted by Gasteiger charge is -2.16. The zero-order chi connectivity index (χ0) is 18.8. The van der Waals surface area contributed by atoms with E-state index in [1.54, 1.807) is 18.2 Å². The lowest BCUT2D eigenvalue weighted by atomic mass is 9.86. The number of pyridine rings is 1. The lowest BCUT2D eigenvalue weighted by molar-refractivity contribution is -0.607. The van der Waals surface area contributed by atoms with Crippen molar-refractivity contribution < 1.29 is 9.52 Å². The molecule has 2 aromatic heterocycles. The Morgan fingerprint density at radius 3 is 2.56 bits per heavy atom. The summed E-state index contributed by atoms with van der Waals surface area (Å²) in [4.78, 5) is 16.2. The van der Waals surface area contributed by atoms with Crippen LogP contribution in [0.3, 0.4) is 0 Å². The van der Waals surface area contributed by atoms with Crippen molar-refractivity contribution in [2.45, 2.75) is 12.3 Å². The molecule has 27 heavy (non-hydrogen) atoms. The number of nitrogens with zero attached hydrogens (tertiary/aromatic N) is 1. The summed E-state index contributed by atoms with van der Waals surface area (Å²) in [5.74, 6) is -0.328. The van der Waals surface area contributed by atoms with E-state index in [0.717, 1.165) is 26.5 Å². The standard InChI is InChI=1S/C22H17BrN2O2/c23-16-10-8-15(9-11-16)18(13-22(26)21-7-3-4-12-25(21)27)19-14-24-20-6-2-1-5-17(19)20/h1-12,14,18,24H,13H2/t18-/m0/s1. The Bertz CT molecular complexity index is 1100. The average molecular weight is 421 g/mol. The molecule has 1 N–H and O–H groups in total. The van der Waals surface area contributed by atoms with Crippen molar-refractivity contribution in [1.29, 1.82) is 0 Å². The van der Waals surface area contributed by atoms with Crippen LogP contribution in [0.25, 0.3) is 10.9 Å². The van der Waals surface area contributed by atoms with Crippen molar-refractivity contribution in [2.24, 2.45) is 0 Å². The molecule has 2 aromatic carbocycles. The molecule has 0 aliphatic rings. The first-order valence-electron chi connectivity index (χ1n) is 8.66. The van der Waals surface area contributed by atoms with E-state index in [4.69, 9.17) is 0 Å². The van der Waals surface area contributed by atoms with Gasteiger partial charge in [-0.2, -0.15) is 4.73 Å². The van der Waals surface area contributed by atoms with Gasteiger partial charge in [0.2, 0.25) is 5.78 Å². The van der Waals surface area contributed by atoms with Gasteiger partial charge in [0.15, 0.2) is 6.20 Å². The summed E-state index contributed by atoms with van der Waals surface area (Å²) in [5, 5.41) is 13.1. The second kappa shape index (κ2) is 7.37. The second-order valence-electron chi connectivity index (χ2n) is 6.43. The summed E-state index contributed by atoms with van der Waals surface area (Å²) >= 11 is 3.46. The van der Waals surface area contributed by atoms with Crippen molar-refractivity contribution in [3.8, 4) is 0 Å². The molecule has 4 nitrogen and oxygen atoms in total. The maximum atomic E-state index is 12.9. The van der Waals surface area contributed by atoms with E-state index in [1.807, 2.05) is 54.7 Å². The van der Waals surface area contributed by atoms with Gasteiger partial charge in [-0.15, -0.1) is 0 Å². The summed E-state index contributed by atoms with van der Waals surface area (Å²) in [6, 6.07) is 20.9. The summed E-state index contributed by atoms with van der Waals surface area (Å²) in [6.07, 6.45) is 3.53. The number of benzene rings is 2. The summed E-state index contributed by atoms with van der Waals surface area (Å²) in [6.45, 7) is 0. The third-order valence-corrected chi connectivity index (χ3v) is 5.30. The van der Waals surface area contributed by atoms with Crippen LogP contribution >= 0.6 is 15.9 Å². The molecule has 4 aromatic rings. The van der Waals surface area contributed by atoms with Gasteiger partial charge in [0.25, 0.3) is 5.69 Å².